The van der Waals surface area contributed by atoms with E-state index < -0.39 is 23.2 Å². The van der Waals surface area contributed by atoms with E-state index in [2.05, 4.69) is 5.32 Å². The number of anilines is 1. The molecule has 5 heteroatoms. The van der Waals surface area contributed by atoms with Crippen molar-refractivity contribution in [1.29, 1.82) is 0 Å². The van der Waals surface area contributed by atoms with Crippen LogP contribution in [-0.4, -0.2) is 11.9 Å². The molecule has 1 aromatic carbocycles. The van der Waals surface area contributed by atoms with Gasteiger partial charge in [0.25, 0.3) is 5.91 Å². The fraction of sp³-hybridized carbons (Fsp3) is 0.533. The van der Waals surface area contributed by atoms with Gasteiger partial charge in [0.2, 0.25) is 0 Å². The number of carbonyl (C=O) groups is 1. The topological polar surface area (TPSA) is 55.1 Å². The maximum absolute atomic E-state index is 13.4. The number of rotatable bonds is 2. The summed E-state index contributed by atoms with van der Waals surface area (Å²) in [6.45, 7) is 0. The van der Waals surface area contributed by atoms with Crippen LogP contribution in [0.3, 0.4) is 0 Å². The van der Waals surface area contributed by atoms with Gasteiger partial charge in [0.1, 0.15) is 17.3 Å². The van der Waals surface area contributed by atoms with Crippen LogP contribution < -0.4 is 11.1 Å². The second-order valence-electron chi connectivity index (χ2n) is 6.34. The molecular formula is C15H16F2N2O. The molecule has 3 aliphatic rings. The summed E-state index contributed by atoms with van der Waals surface area (Å²) >= 11 is 0. The fourth-order valence-electron chi connectivity index (χ4n) is 4.47. The number of nitrogen functional groups attached to an aromatic ring is 1. The second-order valence-corrected chi connectivity index (χ2v) is 6.34. The van der Waals surface area contributed by atoms with Gasteiger partial charge in [-0.15, -0.1) is 0 Å². The molecule has 0 aromatic heterocycles. The Hall–Kier alpha value is -1.65. The quantitative estimate of drug-likeness (QED) is 0.816. The van der Waals surface area contributed by atoms with Crippen LogP contribution in [0.4, 0.5) is 14.5 Å². The highest BCUT2D eigenvalue weighted by atomic mass is 19.1. The molecule has 2 bridgehead atoms. The fourth-order valence-corrected chi connectivity index (χ4v) is 4.47. The number of amides is 1. The molecule has 1 amide bonds. The van der Waals surface area contributed by atoms with Crippen LogP contribution in [-0.2, 0) is 0 Å². The first-order valence-electron chi connectivity index (χ1n) is 7.11. The standard InChI is InChI=1S/C15H16F2N2O/c16-9-4-8(5-10(17)13(9)18)15(20)19-14-11-6-1-2-7(3-6)12(11)14/h4-7,11-12,14H,1-3,18H2,(H,19,20). The van der Waals surface area contributed by atoms with E-state index in [0.29, 0.717) is 11.8 Å². The lowest BCUT2D eigenvalue weighted by molar-refractivity contribution is 0.0943. The minimum Gasteiger partial charge on any atom is -0.394 e. The van der Waals surface area contributed by atoms with E-state index in [4.69, 9.17) is 5.73 Å². The summed E-state index contributed by atoms with van der Waals surface area (Å²) in [4.78, 5) is 12.1. The average molecular weight is 278 g/mol. The highest BCUT2D eigenvalue weighted by Gasteiger charge is 2.65. The summed E-state index contributed by atoms with van der Waals surface area (Å²) in [5, 5.41) is 2.93. The lowest BCUT2D eigenvalue weighted by Crippen LogP contribution is -2.30. The van der Waals surface area contributed by atoms with Crippen LogP contribution in [0.5, 0.6) is 0 Å². The van der Waals surface area contributed by atoms with Gasteiger partial charge in [-0.25, -0.2) is 8.78 Å². The lowest BCUT2D eigenvalue weighted by Gasteiger charge is -2.11. The molecule has 3 aliphatic carbocycles. The van der Waals surface area contributed by atoms with Crippen molar-refractivity contribution in [3.8, 4) is 0 Å². The molecule has 4 atom stereocenters. The minimum absolute atomic E-state index is 0.00604. The molecule has 4 rings (SSSR count). The van der Waals surface area contributed by atoms with Crippen molar-refractivity contribution in [1.82, 2.24) is 5.32 Å². The van der Waals surface area contributed by atoms with Crippen molar-refractivity contribution < 1.29 is 13.6 Å². The van der Waals surface area contributed by atoms with Crippen molar-refractivity contribution >= 4 is 11.6 Å². The molecular weight excluding hydrogens is 262 g/mol. The zero-order chi connectivity index (χ0) is 14.0. The van der Waals surface area contributed by atoms with E-state index in [-0.39, 0.29) is 11.6 Å². The maximum atomic E-state index is 13.4. The number of hydrogen-bond acceptors (Lipinski definition) is 2. The van der Waals surface area contributed by atoms with E-state index in [1.54, 1.807) is 0 Å². The number of fused-ring (bicyclic) bond motifs is 5. The van der Waals surface area contributed by atoms with Crippen LogP contribution in [0.1, 0.15) is 29.6 Å². The summed E-state index contributed by atoms with van der Waals surface area (Å²) in [5.41, 5.74) is 4.67. The SMILES string of the molecule is Nc1c(F)cc(C(=O)NC2C3C4CCC(C4)C23)cc1F. The Bertz CT molecular complexity index is 565. The number of benzene rings is 1. The molecule has 106 valence electrons. The van der Waals surface area contributed by atoms with E-state index in [1.807, 2.05) is 0 Å². The molecule has 20 heavy (non-hydrogen) atoms. The largest absolute Gasteiger partial charge is 0.394 e. The zero-order valence-corrected chi connectivity index (χ0v) is 10.9. The van der Waals surface area contributed by atoms with Crippen molar-refractivity contribution in [2.45, 2.75) is 25.3 Å². The number of hydrogen-bond donors (Lipinski definition) is 2. The van der Waals surface area contributed by atoms with Gasteiger partial charge in [0.15, 0.2) is 0 Å². The van der Waals surface area contributed by atoms with Crippen LogP contribution in [0.25, 0.3) is 0 Å². The first-order chi connectivity index (χ1) is 9.56. The van der Waals surface area contributed by atoms with Gasteiger partial charge in [-0.1, -0.05) is 0 Å². The summed E-state index contributed by atoms with van der Waals surface area (Å²) in [6, 6.07) is 2.21. The van der Waals surface area contributed by atoms with E-state index >= 15 is 0 Å². The van der Waals surface area contributed by atoms with Crippen LogP contribution in [0.2, 0.25) is 0 Å². The van der Waals surface area contributed by atoms with Gasteiger partial charge in [0, 0.05) is 11.6 Å². The third-order valence-corrected chi connectivity index (χ3v) is 5.37. The highest BCUT2D eigenvalue weighted by Crippen LogP contribution is 2.65. The Morgan fingerprint density at radius 1 is 1.15 bits per heavy atom. The Kier molecular flexibility index (Phi) is 2.38. The van der Waals surface area contributed by atoms with Gasteiger partial charge in [-0.3, -0.25) is 4.79 Å². The predicted molar refractivity (Wildman–Crippen MR) is 69.8 cm³/mol. The Labute approximate surface area is 115 Å². The zero-order valence-electron chi connectivity index (χ0n) is 10.9. The highest BCUT2D eigenvalue weighted by molar-refractivity contribution is 5.95. The number of nitrogens with one attached hydrogen (secondary N) is 1. The van der Waals surface area contributed by atoms with Crippen LogP contribution in [0.15, 0.2) is 12.1 Å². The minimum atomic E-state index is -0.883. The van der Waals surface area contributed by atoms with Crippen molar-refractivity contribution in [2.75, 3.05) is 5.73 Å². The molecule has 0 heterocycles. The summed E-state index contributed by atoms with van der Waals surface area (Å²) < 4.78 is 26.7. The predicted octanol–water partition coefficient (Wildman–Crippen LogP) is 2.32. The number of carbonyl (C=O) groups excluding carboxylic acids is 1. The molecule has 0 radical (unpaired) electrons. The molecule has 3 saturated carbocycles. The molecule has 3 fully saturated rings. The van der Waals surface area contributed by atoms with Gasteiger partial charge < -0.3 is 11.1 Å². The van der Waals surface area contributed by atoms with Crippen LogP contribution >= 0.6 is 0 Å². The molecule has 4 unspecified atom stereocenters. The lowest BCUT2D eigenvalue weighted by atomic mass is 10.0. The van der Waals surface area contributed by atoms with Gasteiger partial charge in [-0.2, -0.15) is 0 Å². The van der Waals surface area contributed by atoms with E-state index in [1.165, 1.54) is 19.3 Å². The Balaban J connectivity index is 1.49. The molecule has 0 spiro atoms. The summed E-state index contributed by atoms with van der Waals surface area (Å²) in [7, 11) is 0. The normalized spacial score (nSPS) is 36.8. The monoisotopic (exact) mass is 278 g/mol. The van der Waals surface area contributed by atoms with E-state index in [0.717, 1.165) is 24.0 Å². The molecule has 3 nitrogen and oxygen atoms in total. The Morgan fingerprint density at radius 3 is 2.25 bits per heavy atom. The number of halogens is 2. The van der Waals surface area contributed by atoms with Crippen molar-refractivity contribution in [3.05, 3.63) is 29.3 Å². The molecule has 0 saturated heterocycles. The van der Waals surface area contributed by atoms with Crippen molar-refractivity contribution in [2.24, 2.45) is 23.7 Å². The van der Waals surface area contributed by atoms with Gasteiger partial charge in [0.05, 0.1) is 0 Å². The maximum Gasteiger partial charge on any atom is 0.251 e. The average Bonchev–Trinajstić information content (AvgIpc) is 2.82. The van der Waals surface area contributed by atoms with E-state index in [9.17, 15) is 13.6 Å². The van der Waals surface area contributed by atoms with Gasteiger partial charge >= 0.3 is 0 Å². The van der Waals surface area contributed by atoms with Gasteiger partial charge in [-0.05, 0) is 55.1 Å². The van der Waals surface area contributed by atoms with Crippen LogP contribution in [0, 0.1) is 35.3 Å². The molecule has 0 aliphatic heterocycles. The third-order valence-electron chi connectivity index (χ3n) is 5.37. The third kappa shape index (κ3) is 1.58. The van der Waals surface area contributed by atoms with Crippen molar-refractivity contribution in [3.63, 3.8) is 0 Å². The second kappa shape index (κ2) is 3.93. The summed E-state index contributed by atoms with van der Waals surface area (Å²) in [6.07, 6.45) is 3.83. The first-order valence-corrected chi connectivity index (χ1v) is 7.11. The Morgan fingerprint density at radius 2 is 1.70 bits per heavy atom. The molecule has 1 aromatic rings. The molecule has 3 N–H and O–H groups in total. The summed E-state index contributed by atoms with van der Waals surface area (Å²) in [5.74, 6) is 0.520. The first kappa shape index (κ1) is 12.1. The smallest absolute Gasteiger partial charge is 0.251 e. The number of nitrogens with two attached hydrogens (primary N) is 1.